The summed E-state index contributed by atoms with van der Waals surface area (Å²) in [5, 5.41) is 4.55. The number of hydrogen-bond acceptors (Lipinski definition) is 4. The van der Waals surface area contributed by atoms with Gasteiger partial charge >= 0.3 is 0 Å². The van der Waals surface area contributed by atoms with Crippen LogP contribution in [0.5, 0.6) is 0 Å². The summed E-state index contributed by atoms with van der Waals surface area (Å²) < 4.78 is 0. The van der Waals surface area contributed by atoms with Gasteiger partial charge in [-0.05, 0) is 6.92 Å². The molecular weight excluding hydrogens is 254 g/mol. The standard InChI is InChI=1S/C15H19N3S/c1-12-9-16-7-8-18(12)11-14-10-17-15(19-14)13-5-3-2-4-6-13/h2-6,10,12,16H,7-9,11H2,1H3/t12-/m0/s1. The molecule has 1 aliphatic rings. The first-order valence-electron chi connectivity index (χ1n) is 6.78. The molecule has 2 heterocycles. The zero-order valence-corrected chi connectivity index (χ0v) is 12.0. The number of rotatable bonds is 3. The Kier molecular flexibility index (Phi) is 3.92. The summed E-state index contributed by atoms with van der Waals surface area (Å²) in [4.78, 5) is 8.43. The van der Waals surface area contributed by atoms with Gasteiger partial charge in [0.05, 0.1) is 0 Å². The predicted octanol–water partition coefficient (Wildman–Crippen LogP) is 2.60. The topological polar surface area (TPSA) is 28.2 Å². The van der Waals surface area contributed by atoms with Gasteiger partial charge in [0.2, 0.25) is 0 Å². The van der Waals surface area contributed by atoms with Crippen molar-refractivity contribution < 1.29 is 0 Å². The zero-order valence-electron chi connectivity index (χ0n) is 11.2. The molecule has 0 amide bonds. The molecule has 0 saturated carbocycles. The molecular formula is C15H19N3S. The van der Waals surface area contributed by atoms with Crippen molar-refractivity contribution in [3.63, 3.8) is 0 Å². The van der Waals surface area contributed by atoms with E-state index in [1.54, 1.807) is 0 Å². The van der Waals surface area contributed by atoms with Crippen LogP contribution in [-0.2, 0) is 6.54 Å². The van der Waals surface area contributed by atoms with Crippen molar-refractivity contribution in [2.24, 2.45) is 0 Å². The molecule has 1 atom stereocenters. The van der Waals surface area contributed by atoms with Crippen LogP contribution in [-0.4, -0.2) is 35.6 Å². The minimum Gasteiger partial charge on any atom is -0.314 e. The largest absolute Gasteiger partial charge is 0.314 e. The lowest BCUT2D eigenvalue weighted by atomic mass is 10.2. The van der Waals surface area contributed by atoms with Crippen LogP contribution in [0.15, 0.2) is 36.5 Å². The van der Waals surface area contributed by atoms with Crippen molar-refractivity contribution in [1.29, 1.82) is 0 Å². The monoisotopic (exact) mass is 273 g/mol. The van der Waals surface area contributed by atoms with Crippen molar-refractivity contribution >= 4 is 11.3 Å². The number of aromatic nitrogens is 1. The fourth-order valence-electron chi connectivity index (χ4n) is 2.41. The first-order valence-corrected chi connectivity index (χ1v) is 7.59. The highest BCUT2D eigenvalue weighted by Crippen LogP contribution is 2.26. The lowest BCUT2D eigenvalue weighted by Crippen LogP contribution is -2.49. The molecule has 1 aromatic heterocycles. The Morgan fingerprint density at radius 2 is 2.21 bits per heavy atom. The Morgan fingerprint density at radius 1 is 1.37 bits per heavy atom. The highest BCUT2D eigenvalue weighted by molar-refractivity contribution is 7.15. The number of piperazine rings is 1. The van der Waals surface area contributed by atoms with Crippen LogP contribution < -0.4 is 5.32 Å². The molecule has 0 unspecified atom stereocenters. The van der Waals surface area contributed by atoms with E-state index in [4.69, 9.17) is 0 Å². The average molecular weight is 273 g/mol. The van der Waals surface area contributed by atoms with Crippen LogP contribution in [0.25, 0.3) is 10.6 Å². The van der Waals surface area contributed by atoms with Crippen LogP contribution in [0.3, 0.4) is 0 Å². The molecule has 1 N–H and O–H groups in total. The molecule has 4 heteroatoms. The van der Waals surface area contributed by atoms with Crippen molar-refractivity contribution in [2.75, 3.05) is 19.6 Å². The fraction of sp³-hybridized carbons (Fsp3) is 0.400. The van der Waals surface area contributed by atoms with E-state index in [9.17, 15) is 0 Å². The molecule has 2 aromatic rings. The second-order valence-electron chi connectivity index (χ2n) is 5.02. The van der Waals surface area contributed by atoms with Crippen molar-refractivity contribution in [3.8, 4) is 10.6 Å². The Hall–Kier alpha value is -1.23. The molecule has 3 rings (SSSR count). The molecule has 0 aliphatic carbocycles. The highest BCUT2D eigenvalue weighted by atomic mass is 32.1. The van der Waals surface area contributed by atoms with Crippen LogP contribution in [0.2, 0.25) is 0 Å². The number of hydrogen-bond donors (Lipinski definition) is 1. The zero-order chi connectivity index (χ0) is 13.1. The van der Waals surface area contributed by atoms with E-state index in [1.807, 2.05) is 23.6 Å². The van der Waals surface area contributed by atoms with E-state index in [0.717, 1.165) is 31.2 Å². The molecule has 1 fully saturated rings. The Balaban J connectivity index is 1.71. The maximum absolute atomic E-state index is 4.55. The maximum Gasteiger partial charge on any atom is 0.123 e. The van der Waals surface area contributed by atoms with E-state index in [-0.39, 0.29) is 0 Å². The smallest absolute Gasteiger partial charge is 0.123 e. The molecule has 0 spiro atoms. The summed E-state index contributed by atoms with van der Waals surface area (Å²) in [5.74, 6) is 0. The highest BCUT2D eigenvalue weighted by Gasteiger charge is 2.18. The van der Waals surface area contributed by atoms with E-state index in [1.165, 1.54) is 10.4 Å². The van der Waals surface area contributed by atoms with Gasteiger partial charge in [-0.25, -0.2) is 4.98 Å². The quantitative estimate of drug-likeness (QED) is 0.931. The lowest BCUT2D eigenvalue weighted by molar-refractivity contribution is 0.167. The normalized spacial score (nSPS) is 20.6. The predicted molar refractivity (Wildman–Crippen MR) is 80.3 cm³/mol. The summed E-state index contributed by atoms with van der Waals surface area (Å²) in [7, 11) is 0. The summed E-state index contributed by atoms with van der Waals surface area (Å²) >= 11 is 1.81. The maximum atomic E-state index is 4.55. The first kappa shape index (κ1) is 12.8. The van der Waals surface area contributed by atoms with Crippen LogP contribution >= 0.6 is 11.3 Å². The molecule has 3 nitrogen and oxygen atoms in total. The van der Waals surface area contributed by atoms with Gasteiger partial charge in [-0.1, -0.05) is 30.3 Å². The number of thiazole rings is 1. The van der Waals surface area contributed by atoms with Crippen molar-refractivity contribution in [1.82, 2.24) is 15.2 Å². The van der Waals surface area contributed by atoms with Gasteiger partial charge in [0.15, 0.2) is 0 Å². The fourth-order valence-corrected chi connectivity index (χ4v) is 3.36. The third-order valence-electron chi connectivity index (χ3n) is 3.57. The summed E-state index contributed by atoms with van der Waals surface area (Å²) in [6.07, 6.45) is 2.03. The van der Waals surface area contributed by atoms with Gasteiger partial charge < -0.3 is 5.32 Å². The Labute approximate surface area is 118 Å². The minimum absolute atomic E-state index is 0.607. The molecule has 1 saturated heterocycles. The Bertz CT molecular complexity index is 523. The van der Waals surface area contributed by atoms with E-state index >= 15 is 0 Å². The van der Waals surface area contributed by atoms with E-state index in [2.05, 4.69) is 46.4 Å². The number of nitrogens with zero attached hydrogens (tertiary/aromatic N) is 2. The summed E-state index contributed by atoms with van der Waals surface area (Å²) in [5.41, 5.74) is 1.21. The molecule has 1 aliphatic heterocycles. The summed E-state index contributed by atoms with van der Waals surface area (Å²) in [6, 6.07) is 11.0. The van der Waals surface area contributed by atoms with Gasteiger partial charge in [-0.15, -0.1) is 11.3 Å². The SMILES string of the molecule is C[C@H]1CNCCN1Cc1cnc(-c2ccccc2)s1. The number of nitrogens with one attached hydrogen (secondary N) is 1. The molecule has 19 heavy (non-hydrogen) atoms. The van der Waals surface area contributed by atoms with Gasteiger partial charge in [0, 0.05) is 48.9 Å². The lowest BCUT2D eigenvalue weighted by Gasteiger charge is -2.33. The van der Waals surface area contributed by atoms with E-state index in [0.29, 0.717) is 6.04 Å². The second kappa shape index (κ2) is 5.82. The third kappa shape index (κ3) is 3.03. The third-order valence-corrected chi connectivity index (χ3v) is 4.60. The molecule has 1 aromatic carbocycles. The average Bonchev–Trinajstić information content (AvgIpc) is 2.91. The molecule has 0 bridgehead atoms. The van der Waals surface area contributed by atoms with Gasteiger partial charge in [0.1, 0.15) is 5.01 Å². The minimum atomic E-state index is 0.607. The van der Waals surface area contributed by atoms with Gasteiger partial charge in [-0.2, -0.15) is 0 Å². The number of benzene rings is 1. The van der Waals surface area contributed by atoms with E-state index < -0.39 is 0 Å². The Morgan fingerprint density at radius 3 is 3.00 bits per heavy atom. The van der Waals surface area contributed by atoms with Crippen LogP contribution in [0.1, 0.15) is 11.8 Å². The van der Waals surface area contributed by atoms with Crippen LogP contribution in [0, 0.1) is 0 Å². The second-order valence-corrected chi connectivity index (χ2v) is 6.14. The van der Waals surface area contributed by atoms with Crippen molar-refractivity contribution in [3.05, 3.63) is 41.4 Å². The van der Waals surface area contributed by atoms with Crippen LogP contribution in [0.4, 0.5) is 0 Å². The first-order chi connectivity index (χ1) is 9.33. The van der Waals surface area contributed by atoms with Gasteiger partial charge in [0.25, 0.3) is 0 Å². The summed E-state index contributed by atoms with van der Waals surface area (Å²) in [6.45, 7) is 6.61. The molecule has 0 radical (unpaired) electrons. The van der Waals surface area contributed by atoms with Crippen molar-refractivity contribution in [2.45, 2.75) is 19.5 Å². The molecule has 100 valence electrons. The van der Waals surface area contributed by atoms with Gasteiger partial charge in [-0.3, -0.25) is 4.90 Å².